The van der Waals surface area contributed by atoms with Crippen LogP contribution in [0.5, 0.6) is 0 Å². The van der Waals surface area contributed by atoms with Crippen molar-refractivity contribution in [2.75, 3.05) is 6.54 Å². The molecule has 1 aliphatic rings. The summed E-state index contributed by atoms with van der Waals surface area (Å²) in [5.41, 5.74) is 3.09. The molecular weight excluding hydrogens is 324 g/mol. The average molecular weight is 348 g/mol. The van der Waals surface area contributed by atoms with E-state index in [0.717, 1.165) is 48.0 Å². The highest BCUT2D eigenvalue weighted by Gasteiger charge is 2.27. The lowest BCUT2D eigenvalue weighted by Gasteiger charge is -2.36. The lowest BCUT2D eigenvalue weighted by atomic mass is 10.00. The van der Waals surface area contributed by atoms with Crippen LogP contribution in [0.3, 0.4) is 0 Å². The van der Waals surface area contributed by atoms with Crippen molar-refractivity contribution in [2.45, 2.75) is 45.2 Å². The van der Waals surface area contributed by atoms with Crippen molar-refractivity contribution in [3.63, 3.8) is 0 Å². The average Bonchev–Trinajstić information content (AvgIpc) is 3.07. The number of fused-ring (bicyclic) bond motifs is 1. The second kappa shape index (κ2) is 7.28. The number of hydrogen-bond acceptors (Lipinski definition) is 3. The SMILES string of the molecule is Cc1cnn(C[C@H]2CCCCN2C(=O)Cc2cccc3cccnc23)c1. The molecule has 0 bridgehead atoms. The van der Waals surface area contributed by atoms with Gasteiger partial charge in [-0.15, -0.1) is 0 Å². The number of para-hydroxylation sites is 1. The number of carbonyl (C=O) groups excluding carboxylic acids is 1. The van der Waals surface area contributed by atoms with E-state index in [9.17, 15) is 4.79 Å². The van der Waals surface area contributed by atoms with E-state index in [0.29, 0.717) is 6.42 Å². The Labute approximate surface area is 153 Å². The van der Waals surface area contributed by atoms with Crippen LogP contribution in [0.15, 0.2) is 48.9 Å². The standard InChI is InChI=1S/C21H24N4O/c1-16-13-23-24(14-16)15-19-9-2-3-11-25(19)20(26)12-18-7-4-6-17-8-5-10-22-21(17)18/h4-8,10,13-14,19H,2-3,9,11-12,15H2,1H3/t19-/m1/s1. The summed E-state index contributed by atoms with van der Waals surface area (Å²) in [4.78, 5) is 19.6. The third-order valence-electron chi connectivity index (χ3n) is 5.17. The molecule has 0 spiro atoms. The van der Waals surface area contributed by atoms with Gasteiger partial charge in [-0.25, -0.2) is 0 Å². The second-order valence-corrected chi connectivity index (χ2v) is 7.15. The fourth-order valence-electron chi connectivity index (χ4n) is 3.88. The van der Waals surface area contributed by atoms with E-state index < -0.39 is 0 Å². The van der Waals surface area contributed by atoms with Crippen LogP contribution in [-0.4, -0.2) is 38.2 Å². The first-order chi connectivity index (χ1) is 12.7. The van der Waals surface area contributed by atoms with Crippen LogP contribution in [0.4, 0.5) is 0 Å². The van der Waals surface area contributed by atoms with Gasteiger partial charge in [0.1, 0.15) is 0 Å². The molecule has 0 saturated carbocycles. The van der Waals surface area contributed by atoms with E-state index in [1.54, 1.807) is 6.20 Å². The van der Waals surface area contributed by atoms with Crippen LogP contribution < -0.4 is 0 Å². The Kier molecular flexibility index (Phi) is 4.69. The van der Waals surface area contributed by atoms with Crippen molar-refractivity contribution in [1.29, 1.82) is 0 Å². The van der Waals surface area contributed by atoms with Crippen LogP contribution in [0.1, 0.15) is 30.4 Å². The van der Waals surface area contributed by atoms with Crippen molar-refractivity contribution in [3.8, 4) is 0 Å². The van der Waals surface area contributed by atoms with E-state index in [-0.39, 0.29) is 11.9 Å². The molecule has 0 unspecified atom stereocenters. The quantitative estimate of drug-likeness (QED) is 0.726. The highest BCUT2D eigenvalue weighted by Crippen LogP contribution is 2.22. The lowest BCUT2D eigenvalue weighted by molar-refractivity contribution is -0.134. The van der Waals surface area contributed by atoms with Crippen molar-refractivity contribution in [2.24, 2.45) is 0 Å². The summed E-state index contributed by atoms with van der Waals surface area (Å²) in [6.07, 6.45) is 9.41. The summed E-state index contributed by atoms with van der Waals surface area (Å²) in [5, 5.41) is 5.48. The molecule has 1 amide bonds. The van der Waals surface area contributed by atoms with Gasteiger partial charge in [0.15, 0.2) is 0 Å². The number of carbonyl (C=O) groups is 1. The number of nitrogens with zero attached hydrogens (tertiary/aromatic N) is 4. The van der Waals surface area contributed by atoms with Gasteiger partial charge in [-0.2, -0.15) is 5.10 Å². The minimum atomic E-state index is 0.191. The molecule has 4 rings (SSSR count). The highest BCUT2D eigenvalue weighted by atomic mass is 16.2. The lowest BCUT2D eigenvalue weighted by Crippen LogP contribution is -2.46. The first kappa shape index (κ1) is 16.8. The van der Waals surface area contributed by atoms with Gasteiger partial charge >= 0.3 is 0 Å². The van der Waals surface area contributed by atoms with E-state index in [4.69, 9.17) is 0 Å². The van der Waals surface area contributed by atoms with Crippen LogP contribution in [0.2, 0.25) is 0 Å². The summed E-state index contributed by atoms with van der Waals surface area (Å²) >= 11 is 0. The largest absolute Gasteiger partial charge is 0.338 e. The number of amides is 1. The minimum Gasteiger partial charge on any atom is -0.338 e. The van der Waals surface area contributed by atoms with Gasteiger partial charge in [-0.1, -0.05) is 24.3 Å². The number of pyridine rings is 1. The molecule has 0 aliphatic carbocycles. The van der Waals surface area contributed by atoms with Gasteiger partial charge in [0.2, 0.25) is 5.91 Å². The third-order valence-corrected chi connectivity index (χ3v) is 5.17. The van der Waals surface area contributed by atoms with Crippen molar-refractivity contribution >= 4 is 16.8 Å². The number of rotatable bonds is 4. The fraction of sp³-hybridized carbons (Fsp3) is 0.381. The molecule has 1 fully saturated rings. The van der Waals surface area contributed by atoms with Gasteiger partial charge in [-0.3, -0.25) is 14.5 Å². The molecule has 5 nitrogen and oxygen atoms in total. The molecule has 0 N–H and O–H groups in total. The highest BCUT2D eigenvalue weighted by molar-refractivity contribution is 5.87. The number of aryl methyl sites for hydroxylation is 1. The predicted molar refractivity (Wildman–Crippen MR) is 102 cm³/mol. The summed E-state index contributed by atoms with van der Waals surface area (Å²) in [6, 6.07) is 10.3. The Bertz CT molecular complexity index is 912. The van der Waals surface area contributed by atoms with Crippen molar-refractivity contribution in [3.05, 3.63) is 60.0 Å². The molecule has 3 aromatic rings. The van der Waals surface area contributed by atoms with E-state index in [1.807, 2.05) is 54.3 Å². The van der Waals surface area contributed by atoms with E-state index >= 15 is 0 Å². The van der Waals surface area contributed by atoms with E-state index in [2.05, 4.69) is 15.0 Å². The first-order valence-electron chi connectivity index (χ1n) is 9.32. The van der Waals surface area contributed by atoms with Gasteiger partial charge in [0.25, 0.3) is 0 Å². The molecule has 1 saturated heterocycles. The maximum absolute atomic E-state index is 13.1. The molecule has 3 heterocycles. The molecule has 0 radical (unpaired) electrons. The van der Waals surface area contributed by atoms with Gasteiger partial charge < -0.3 is 4.90 Å². The Hall–Kier alpha value is -2.69. The van der Waals surface area contributed by atoms with Crippen LogP contribution in [0, 0.1) is 6.92 Å². The van der Waals surface area contributed by atoms with Crippen molar-refractivity contribution < 1.29 is 4.79 Å². The Morgan fingerprint density at radius 1 is 1.23 bits per heavy atom. The number of piperidine rings is 1. The molecular formula is C21H24N4O. The molecule has 1 aliphatic heterocycles. The number of likely N-dealkylation sites (tertiary alicyclic amines) is 1. The molecule has 134 valence electrons. The topological polar surface area (TPSA) is 51.0 Å². The number of hydrogen-bond donors (Lipinski definition) is 0. The molecule has 1 aromatic carbocycles. The van der Waals surface area contributed by atoms with Crippen LogP contribution >= 0.6 is 0 Å². The normalized spacial score (nSPS) is 17.6. The predicted octanol–water partition coefficient (Wildman–Crippen LogP) is 3.36. The first-order valence-corrected chi connectivity index (χ1v) is 9.32. The molecule has 5 heteroatoms. The smallest absolute Gasteiger partial charge is 0.227 e. The Morgan fingerprint density at radius 3 is 2.96 bits per heavy atom. The van der Waals surface area contributed by atoms with Crippen LogP contribution in [-0.2, 0) is 17.8 Å². The summed E-state index contributed by atoms with van der Waals surface area (Å²) in [6.45, 7) is 3.65. The zero-order valence-corrected chi connectivity index (χ0v) is 15.1. The van der Waals surface area contributed by atoms with Crippen molar-refractivity contribution in [1.82, 2.24) is 19.7 Å². The van der Waals surface area contributed by atoms with Gasteiger partial charge in [0, 0.05) is 24.3 Å². The monoisotopic (exact) mass is 348 g/mol. The molecule has 2 aromatic heterocycles. The van der Waals surface area contributed by atoms with Crippen LogP contribution in [0.25, 0.3) is 10.9 Å². The zero-order valence-electron chi connectivity index (χ0n) is 15.1. The minimum absolute atomic E-state index is 0.191. The maximum Gasteiger partial charge on any atom is 0.227 e. The maximum atomic E-state index is 13.1. The fourth-order valence-corrected chi connectivity index (χ4v) is 3.88. The molecule has 1 atom stereocenters. The Balaban J connectivity index is 1.53. The number of benzene rings is 1. The third kappa shape index (κ3) is 3.47. The molecule has 26 heavy (non-hydrogen) atoms. The Morgan fingerprint density at radius 2 is 2.12 bits per heavy atom. The summed E-state index contributed by atoms with van der Waals surface area (Å²) in [5.74, 6) is 0.191. The summed E-state index contributed by atoms with van der Waals surface area (Å²) < 4.78 is 1.96. The van der Waals surface area contributed by atoms with Gasteiger partial charge in [0.05, 0.1) is 30.7 Å². The van der Waals surface area contributed by atoms with E-state index in [1.165, 1.54) is 6.42 Å². The zero-order chi connectivity index (χ0) is 17.9. The van der Waals surface area contributed by atoms with Gasteiger partial charge in [-0.05, 0) is 43.4 Å². The summed E-state index contributed by atoms with van der Waals surface area (Å²) in [7, 11) is 0. The number of aromatic nitrogens is 3. The second-order valence-electron chi connectivity index (χ2n) is 7.15.